The molecule has 0 aliphatic heterocycles. The first kappa shape index (κ1) is 10.3. The summed E-state index contributed by atoms with van der Waals surface area (Å²) in [6.45, 7) is 9.01. The van der Waals surface area contributed by atoms with Crippen molar-refractivity contribution in [2.75, 3.05) is 0 Å². The van der Waals surface area contributed by atoms with Crippen LogP contribution in [0.5, 0.6) is 0 Å². The maximum absolute atomic E-state index is 2.30. The Balaban J connectivity index is 2.86. The zero-order valence-corrected chi connectivity index (χ0v) is 9.17. The van der Waals surface area contributed by atoms with Gasteiger partial charge in [-0.3, -0.25) is 0 Å². The number of hydrogen-bond acceptors (Lipinski definition) is 0. The molecule has 0 radical (unpaired) electrons. The molecule has 72 valence electrons. The van der Waals surface area contributed by atoms with Gasteiger partial charge in [0.1, 0.15) is 0 Å². The SMILES string of the molecule is CC[C@H](c1ccc(C)cc1)C(C)C. The van der Waals surface area contributed by atoms with Crippen molar-refractivity contribution in [1.29, 1.82) is 0 Å². The van der Waals surface area contributed by atoms with E-state index in [2.05, 4.69) is 52.0 Å². The lowest BCUT2D eigenvalue weighted by molar-refractivity contribution is 0.485. The van der Waals surface area contributed by atoms with E-state index in [1.165, 1.54) is 17.5 Å². The quantitative estimate of drug-likeness (QED) is 0.649. The normalized spacial score (nSPS) is 13.3. The predicted molar refractivity (Wildman–Crippen MR) is 59.0 cm³/mol. The second kappa shape index (κ2) is 4.45. The third kappa shape index (κ3) is 2.58. The third-order valence-electron chi connectivity index (χ3n) is 2.75. The van der Waals surface area contributed by atoms with Crippen LogP contribution in [0, 0.1) is 12.8 Å². The van der Waals surface area contributed by atoms with Gasteiger partial charge in [0.15, 0.2) is 0 Å². The van der Waals surface area contributed by atoms with Gasteiger partial charge in [-0.2, -0.15) is 0 Å². The van der Waals surface area contributed by atoms with Gasteiger partial charge in [0.05, 0.1) is 0 Å². The molecule has 1 aromatic rings. The first-order valence-corrected chi connectivity index (χ1v) is 5.21. The fourth-order valence-corrected chi connectivity index (χ4v) is 1.91. The van der Waals surface area contributed by atoms with E-state index in [1.54, 1.807) is 0 Å². The minimum absolute atomic E-state index is 0.723. The second-order valence-corrected chi connectivity index (χ2v) is 4.17. The lowest BCUT2D eigenvalue weighted by atomic mass is 9.86. The highest BCUT2D eigenvalue weighted by atomic mass is 14.2. The van der Waals surface area contributed by atoms with Gasteiger partial charge in [-0.05, 0) is 30.7 Å². The van der Waals surface area contributed by atoms with E-state index < -0.39 is 0 Å². The molecule has 1 rings (SSSR count). The zero-order valence-electron chi connectivity index (χ0n) is 9.17. The summed E-state index contributed by atoms with van der Waals surface area (Å²) < 4.78 is 0. The lowest BCUT2D eigenvalue weighted by Gasteiger charge is -2.19. The maximum Gasteiger partial charge on any atom is -0.0141 e. The summed E-state index contributed by atoms with van der Waals surface area (Å²) in [5.41, 5.74) is 2.84. The summed E-state index contributed by atoms with van der Waals surface area (Å²) in [5, 5.41) is 0. The Hall–Kier alpha value is -0.780. The van der Waals surface area contributed by atoms with Crippen molar-refractivity contribution in [2.45, 2.75) is 40.0 Å². The molecule has 0 heteroatoms. The lowest BCUT2D eigenvalue weighted by Crippen LogP contribution is -2.05. The summed E-state index contributed by atoms with van der Waals surface area (Å²) in [6, 6.07) is 8.95. The summed E-state index contributed by atoms with van der Waals surface area (Å²) in [4.78, 5) is 0. The van der Waals surface area contributed by atoms with Crippen LogP contribution in [-0.4, -0.2) is 0 Å². The molecular weight excluding hydrogens is 156 g/mol. The van der Waals surface area contributed by atoms with Crippen molar-refractivity contribution < 1.29 is 0 Å². The number of benzene rings is 1. The molecule has 0 heterocycles. The molecule has 1 aromatic carbocycles. The molecule has 0 unspecified atom stereocenters. The Labute approximate surface area is 82.0 Å². The molecule has 0 N–H and O–H groups in total. The van der Waals surface area contributed by atoms with E-state index in [1.807, 2.05) is 0 Å². The highest BCUT2D eigenvalue weighted by molar-refractivity contribution is 5.24. The van der Waals surface area contributed by atoms with Crippen LogP contribution >= 0.6 is 0 Å². The van der Waals surface area contributed by atoms with Crippen molar-refractivity contribution in [3.05, 3.63) is 35.4 Å². The Morgan fingerprint density at radius 2 is 1.62 bits per heavy atom. The topological polar surface area (TPSA) is 0 Å². The van der Waals surface area contributed by atoms with Gasteiger partial charge >= 0.3 is 0 Å². The summed E-state index contributed by atoms with van der Waals surface area (Å²) in [6.07, 6.45) is 1.24. The monoisotopic (exact) mass is 176 g/mol. The van der Waals surface area contributed by atoms with E-state index in [4.69, 9.17) is 0 Å². The van der Waals surface area contributed by atoms with E-state index in [0.717, 1.165) is 11.8 Å². The fourth-order valence-electron chi connectivity index (χ4n) is 1.91. The van der Waals surface area contributed by atoms with Gasteiger partial charge in [-0.25, -0.2) is 0 Å². The first-order valence-electron chi connectivity index (χ1n) is 5.21. The van der Waals surface area contributed by atoms with Gasteiger partial charge < -0.3 is 0 Å². The van der Waals surface area contributed by atoms with Crippen molar-refractivity contribution in [1.82, 2.24) is 0 Å². The molecule has 0 fully saturated rings. The first-order chi connectivity index (χ1) is 6.15. The van der Waals surface area contributed by atoms with Crippen molar-refractivity contribution >= 4 is 0 Å². The van der Waals surface area contributed by atoms with Crippen LogP contribution in [0.1, 0.15) is 44.2 Å². The van der Waals surface area contributed by atoms with Crippen LogP contribution in [-0.2, 0) is 0 Å². The summed E-state index contributed by atoms with van der Waals surface area (Å²) in [7, 11) is 0. The van der Waals surface area contributed by atoms with Crippen LogP contribution in [0.25, 0.3) is 0 Å². The Kier molecular flexibility index (Phi) is 3.53. The van der Waals surface area contributed by atoms with Crippen molar-refractivity contribution in [2.24, 2.45) is 5.92 Å². The Bertz CT molecular complexity index is 243. The fraction of sp³-hybridized carbons (Fsp3) is 0.538. The minimum Gasteiger partial charge on any atom is -0.0648 e. The molecule has 13 heavy (non-hydrogen) atoms. The minimum atomic E-state index is 0.723. The Morgan fingerprint density at radius 1 is 1.08 bits per heavy atom. The molecule has 0 saturated heterocycles. The molecule has 0 saturated carbocycles. The van der Waals surface area contributed by atoms with Crippen molar-refractivity contribution in [3.8, 4) is 0 Å². The Morgan fingerprint density at radius 3 is 2.00 bits per heavy atom. The summed E-state index contributed by atoms with van der Waals surface area (Å²) >= 11 is 0. The molecule has 0 nitrogen and oxygen atoms in total. The van der Waals surface area contributed by atoms with Crippen LogP contribution < -0.4 is 0 Å². The van der Waals surface area contributed by atoms with Gasteiger partial charge in [0.2, 0.25) is 0 Å². The average Bonchev–Trinajstić information content (AvgIpc) is 2.09. The zero-order chi connectivity index (χ0) is 9.84. The predicted octanol–water partition coefficient (Wildman–Crippen LogP) is 4.14. The van der Waals surface area contributed by atoms with E-state index in [-0.39, 0.29) is 0 Å². The largest absolute Gasteiger partial charge is 0.0648 e. The van der Waals surface area contributed by atoms with E-state index in [0.29, 0.717) is 0 Å². The molecule has 0 aliphatic carbocycles. The van der Waals surface area contributed by atoms with Crippen LogP contribution in [0.3, 0.4) is 0 Å². The van der Waals surface area contributed by atoms with Gasteiger partial charge in [-0.1, -0.05) is 50.6 Å². The molecule has 0 aliphatic rings. The van der Waals surface area contributed by atoms with Crippen LogP contribution in [0.15, 0.2) is 24.3 Å². The van der Waals surface area contributed by atoms with Crippen LogP contribution in [0.2, 0.25) is 0 Å². The van der Waals surface area contributed by atoms with E-state index >= 15 is 0 Å². The van der Waals surface area contributed by atoms with Gasteiger partial charge in [-0.15, -0.1) is 0 Å². The number of aryl methyl sites for hydroxylation is 1. The second-order valence-electron chi connectivity index (χ2n) is 4.17. The standard InChI is InChI=1S/C13H20/c1-5-13(10(2)3)12-8-6-11(4)7-9-12/h6-10,13H,5H2,1-4H3/t13-/m0/s1. The van der Waals surface area contributed by atoms with Gasteiger partial charge in [0.25, 0.3) is 0 Å². The smallest absolute Gasteiger partial charge is 0.0141 e. The number of hydrogen-bond donors (Lipinski definition) is 0. The van der Waals surface area contributed by atoms with Crippen LogP contribution in [0.4, 0.5) is 0 Å². The molecule has 0 spiro atoms. The van der Waals surface area contributed by atoms with Crippen molar-refractivity contribution in [3.63, 3.8) is 0 Å². The molecule has 1 atom stereocenters. The molecule has 0 amide bonds. The van der Waals surface area contributed by atoms with E-state index in [9.17, 15) is 0 Å². The summed E-state index contributed by atoms with van der Waals surface area (Å²) in [5.74, 6) is 1.47. The van der Waals surface area contributed by atoms with Gasteiger partial charge in [0, 0.05) is 0 Å². The molecule has 0 bridgehead atoms. The molecule has 0 aromatic heterocycles. The highest BCUT2D eigenvalue weighted by Crippen LogP contribution is 2.27. The maximum atomic E-state index is 2.30. The highest BCUT2D eigenvalue weighted by Gasteiger charge is 2.12. The molecular formula is C13H20. The average molecular weight is 176 g/mol. The number of rotatable bonds is 3. The third-order valence-corrected chi connectivity index (χ3v) is 2.75.